The van der Waals surface area contributed by atoms with Gasteiger partial charge in [-0.15, -0.1) is 0 Å². The Kier molecular flexibility index (Phi) is 10.7. The van der Waals surface area contributed by atoms with Gasteiger partial charge < -0.3 is 28.3 Å². The molecule has 0 radical (unpaired) electrons. The Balaban J connectivity index is 5.25. The minimum atomic E-state index is -0.584. The molecule has 0 aromatic carbocycles. The molecule has 0 spiro atoms. The molecule has 9 nitrogen and oxygen atoms in total. The number of nitrogens with two attached hydrogens (primary N) is 4. The van der Waals surface area contributed by atoms with Crippen molar-refractivity contribution in [2.75, 3.05) is 13.1 Å². The van der Waals surface area contributed by atoms with Gasteiger partial charge in [0.05, 0.1) is 6.04 Å². The van der Waals surface area contributed by atoms with Crippen LogP contribution in [0.4, 0.5) is 0 Å². The number of rotatable bonds is 11. The number of ketones is 1. The van der Waals surface area contributed by atoms with Gasteiger partial charge in [-0.25, -0.2) is 0 Å². The zero-order valence-corrected chi connectivity index (χ0v) is 18.9. The van der Waals surface area contributed by atoms with Crippen molar-refractivity contribution >= 4 is 23.6 Å². The molecular weight excluding hydrogens is 370 g/mol. The summed E-state index contributed by atoms with van der Waals surface area (Å²) in [6.45, 7) is 12.5. The van der Waals surface area contributed by atoms with E-state index in [1.807, 2.05) is 41.5 Å². The van der Waals surface area contributed by atoms with E-state index in [4.69, 9.17) is 22.9 Å². The summed E-state index contributed by atoms with van der Waals surface area (Å²) in [4.78, 5) is 33.9. The average Bonchev–Trinajstić information content (AvgIpc) is 2.54. The minimum absolute atomic E-state index is 0.0104. The van der Waals surface area contributed by atoms with Crippen molar-refractivity contribution in [3.05, 3.63) is 0 Å². The van der Waals surface area contributed by atoms with Gasteiger partial charge in [-0.2, -0.15) is 0 Å². The summed E-state index contributed by atoms with van der Waals surface area (Å²) in [7, 11) is 0. The van der Waals surface area contributed by atoms with Crippen molar-refractivity contribution in [2.24, 2.45) is 49.7 Å². The molecule has 0 aliphatic carbocycles. The molecule has 2 atom stereocenters. The van der Waals surface area contributed by atoms with Crippen LogP contribution in [0.1, 0.15) is 67.2 Å². The molecule has 0 aliphatic rings. The van der Waals surface area contributed by atoms with Crippen molar-refractivity contribution in [1.29, 1.82) is 0 Å². The quantitative estimate of drug-likeness (QED) is 0.191. The standard InChI is InChI=1S/C20H41N7O2/c1-19(2,3)13(9-7-11-25-17(21)22)16(29)27-14(15(28)20(4,5)6)10-8-12-26-18(23)24/h13-14H,7-12H2,1-6H3,(H,27,29)(H4,21,22,25)(H4,23,24,26). The van der Waals surface area contributed by atoms with Crippen molar-refractivity contribution in [1.82, 2.24) is 5.32 Å². The lowest BCUT2D eigenvalue weighted by Gasteiger charge is -2.32. The third-order valence-electron chi connectivity index (χ3n) is 4.62. The Bertz CT molecular complexity index is 593. The summed E-state index contributed by atoms with van der Waals surface area (Å²) in [6, 6.07) is -0.584. The van der Waals surface area contributed by atoms with Crippen molar-refractivity contribution < 1.29 is 9.59 Å². The van der Waals surface area contributed by atoms with Crippen molar-refractivity contribution in [3.8, 4) is 0 Å². The Morgan fingerprint density at radius 3 is 1.66 bits per heavy atom. The topological polar surface area (TPSA) is 175 Å². The molecule has 2 unspecified atom stereocenters. The summed E-state index contributed by atoms with van der Waals surface area (Å²) in [5, 5.41) is 2.98. The number of Topliss-reactive ketones (excluding diaryl/α,β-unsaturated/α-hetero) is 1. The Labute approximate surface area is 175 Å². The fraction of sp³-hybridized carbons (Fsp3) is 0.800. The maximum absolute atomic E-state index is 13.1. The molecule has 0 rings (SSSR count). The van der Waals surface area contributed by atoms with E-state index in [-0.39, 0.29) is 34.9 Å². The number of nitrogens with one attached hydrogen (secondary N) is 1. The lowest BCUT2D eigenvalue weighted by atomic mass is 9.77. The van der Waals surface area contributed by atoms with Gasteiger partial charge in [0.15, 0.2) is 17.7 Å². The highest BCUT2D eigenvalue weighted by Gasteiger charge is 2.35. The van der Waals surface area contributed by atoms with Gasteiger partial charge in [-0.1, -0.05) is 41.5 Å². The average molecular weight is 412 g/mol. The van der Waals surface area contributed by atoms with E-state index in [1.54, 1.807) is 0 Å². The lowest BCUT2D eigenvalue weighted by Crippen LogP contribution is -2.49. The highest BCUT2D eigenvalue weighted by Crippen LogP contribution is 2.30. The molecule has 0 aromatic heterocycles. The number of hydrogen-bond donors (Lipinski definition) is 5. The van der Waals surface area contributed by atoms with Crippen LogP contribution in [-0.4, -0.2) is 42.7 Å². The predicted molar refractivity (Wildman–Crippen MR) is 119 cm³/mol. The molecule has 29 heavy (non-hydrogen) atoms. The Hall–Kier alpha value is -2.32. The molecule has 1 amide bonds. The lowest BCUT2D eigenvalue weighted by molar-refractivity contribution is -0.136. The van der Waals surface area contributed by atoms with Crippen molar-refractivity contribution in [2.45, 2.75) is 73.3 Å². The Morgan fingerprint density at radius 1 is 0.828 bits per heavy atom. The highest BCUT2D eigenvalue weighted by atomic mass is 16.2. The van der Waals surface area contributed by atoms with Crippen LogP contribution in [0.15, 0.2) is 9.98 Å². The van der Waals surface area contributed by atoms with Gasteiger partial charge >= 0.3 is 0 Å². The van der Waals surface area contributed by atoms with Gasteiger partial charge in [0.2, 0.25) is 5.91 Å². The van der Waals surface area contributed by atoms with Crippen molar-refractivity contribution in [3.63, 3.8) is 0 Å². The zero-order valence-electron chi connectivity index (χ0n) is 18.9. The maximum atomic E-state index is 13.1. The maximum Gasteiger partial charge on any atom is 0.224 e. The second-order valence-electron chi connectivity index (χ2n) is 9.49. The van der Waals surface area contributed by atoms with Gasteiger partial charge in [0.1, 0.15) is 0 Å². The first-order chi connectivity index (χ1) is 13.2. The smallest absolute Gasteiger partial charge is 0.224 e. The second-order valence-corrected chi connectivity index (χ2v) is 9.49. The van der Waals surface area contributed by atoms with Gasteiger partial charge in [-0.05, 0) is 31.1 Å². The third kappa shape index (κ3) is 11.3. The number of carbonyl (C=O) groups excluding carboxylic acids is 2. The third-order valence-corrected chi connectivity index (χ3v) is 4.62. The number of guanidine groups is 2. The number of amides is 1. The normalized spacial score (nSPS) is 13.9. The van der Waals surface area contributed by atoms with E-state index < -0.39 is 11.5 Å². The molecule has 9 N–H and O–H groups in total. The van der Waals surface area contributed by atoms with Crippen LogP contribution in [-0.2, 0) is 9.59 Å². The van der Waals surface area contributed by atoms with Gasteiger partial charge in [-0.3, -0.25) is 19.6 Å². The van der Waals surface area contributed by atoms with Crippen LogP contribution in [0.25, 0.3) is 0 Å². The molecule has 0 saturated carbocycles. The van der Waals surface area contributed by atoms with E-state index in [9.17, 15) is 9.59 Å². The van der Waals surface area contributed by atoms with E-state index in [2.05, 4.69) is 15.3 Å². The summed E-state index contributed by atoms with van der Waals surface area (Å²) < 4.78 is 0. The fourth-order valence-electron chi connectivity index (χ4n) is 3.03. The summed E-state index contributed by atoms with van der Waals surface area (Å²) >= 11 is 0. The second kappa shape index (κ2) is 11.6. The number of hydrogen-bond acceptors (Lipinski definition) is 4. The number of aliphatic imine (C=N–C) groups is 2. The molecule has 0 aliphatic heterocycles. The number of nitrogens with zero attached hydrogens (tertiary/aromatic N) is 2. The number of carbonyl (C=O) groups is 2. The van der Waals surface area contributed by atoms with Crippen LogP contribution in [0.3, 0.4) is 0 Å². The first-order valence-corrected chi connectivity index (χ1v) is 10.1. The highest BCUT2D eigenvalue weighted by molar-refractivity contribution is 5.93. The molecular formula is C20H41N7O2. The van der Waals surface area contributed by atoms with Crippen LogP contribution >= 0.6 is 0 Å². The van der Waals surface area contributed by atoms with E-state index in [1.165, 1.54) is 0 Å². The first kappa shape index (κ1) is 26.7. The molecule has 0 fully saturated rings. The first-order valence-electron chi connectivity index (χ1n) is 10.1. The van der Waals surface area contributed by atoms with Gasteiger partial charge in [0.25, 0.3) is 0 Å². The molecule has 9 heteroatoms. The monoisotopic (exact) mass is 411 g/mol. The molecule has 0 saturated heterocycles. The van der Waals surface area contributed by atoms with E-state index >= 15 is 0 Å². The van der Waals surface area contributed by atoms with Gasteiger partial charge in [0, 0.05) is 24.4 Å². The molecule has 0 heterocycles. The zero-order chi connectivity index (χ0) is 22.8. The minimum Gasteiger partial charge on any atom is -0.370 e. The summed E-state index contributed by atoms with van der Waals surface area (Å²) in [5.41, 5.74) is 20.6. The predicted octanol–water partition coefficient (Wildman–Crippen LogP) is 0.856. The summed E-state index contributed by atoms with van der Waals surface area (Å²) in [6.07, 6.45) is 2.37. The fourth-order valence-corrected chi connectivity index (χ4v) is 3.03. The molecule has 0 bridgehead atoms. The summed E-state index contributed by atoms with van der Waals surface area (Å²) in [5.74, 6) is -0.361. The van der Waals surface area contributed by atoms with E-state index in [0.717, 1.165) is 0 Å². The molecule has 0 aromatic rings. The SMILES string of the molecule is CC(C)(C)C(=O)C(CCCN=C(N)N)NC(=O)C(CCCN=C(N)N)C(C)(C)C. The van der Waals surface area contributed by atoms with Crippen LogP contribution < -0.4 is 28.3 Å². The largest absolute Gasteiger partial charge is 0.370 e. The van der Waals surface area contributed by atoms with E-state index in [0.29, 0.717) is 38.8 Å². The van der Waals surface area contributed by atoms with Crippen LogP contribution in [0.5, 0.6) is 0 Å². The Morgan fingerprint density at radius 2 is 1.28 bits per heavy atom. The molecule has 168 valence electrons. The van der Waals surface area contributed by atoms with Crippen LogP contribution in [0.2, 0.25) is 0 Å². The van der Waals surface area contributed by atoms with Crippen LogP contribution in [0, 0.1) is 16.7 Å².